The smallest absolute Gasteiger partial charge is 0.158 e. The van der Waals surface area contributed by atoms with Crippen LogP contribution >= 0.6 is 0 Å². The number of benzene rings is 1. The second kappa shape index (κ2) is 6.51. The number of hydrogen-bond donors (Lipinski definition) is 0. The Kier molecular flexibility index (Phi) is 4.97. The van der Waals surface area contributed by atoms with E-state index in [9.17, 15) is 0 Å². The van der Waals surface area contributed by atoms with Crippen LogP contribution in [0.4, 0.5) is 0 Å². The first kappa shape index (κ1) is 14.5. The number of ether oxygens (including phenoxy) is 3. The fourth-order valence-electron chi connectivity index (χ4n) is 2.06. The Morgan fingerprint density at radius 1 is 1.21 bits per heavy atom. The highest BCUT2D eigenvalue weighted by molar-refractivity contribution is 5.13. The van der Waals surface area contributed by atoms with Crippen LogP contribution in [-0.4, -0.2) is 25.1 Å². The predicted octanol–water partition coefficient (Wildman–Crippen LogP) is 3.38. The molecule has 0 bridgehead atoms. The lowest BCUT2D eigenvalue weighted by Crippen LogP contribution is -2.47. The van der Waals surface area contributed by atoms with E-state index in [-0.39, 0.29) is 11.9 Å². The normalized spacial score (nSPS) is 27.7. The summed E-state index contributed by atoms with van der Waals surface area (Å²) in [5, 5.41) is 0. The lowest BCUT2D eigenvalue weighted by atomic mass is 10.1. The van der Waals surface area contributed by atoms with Gasteiger partial charge in [0.1, 0.15) is 5.60 Å². The van der Waals surface area contributed by atoms with E-state index in [1.54, 1.807) is 0 Å². The molecular weight excluding hydrogens is 240 g/mol. The SMILES string of the molecule is CC(C)CC1OCC(C)(OCc2ccccc2)CO1. The molecule has 0 spiro atoms. The molecule has 106 valence electrons. The van der Waals surface area contributed by atoms with Gasteiger partial charge < -0.3 is 14.2 Å². The second-order valence-electron chi connectivity index (χ2n) is 5.91. The van der Waals surface area contributed by atoms with Crippen LogP contribution in [0.3, 0.4) is 0 Å². The summed E-state index contributed by atoms with van der Waals surface area (Å²) in [4.78, 5) is 0. The molecule has 3 heteroatoms. The van der Waals surface area contributed by atoms with Crippen molar-refractivity contribution in [3.63, 3.8) is 0 Å². The van der Waals surface area contributed by atoms with Crippen molar-refractivity contribution >= 4 is 0 Å². The van der Waals surface area contributed by atoms with Gasteiger partial charge >= 0.3 is 0 Å². The Morgan fingerprint density at radius 3 is 2.42 bits per heavy atom. The lowest BCUT2D eigenvalue weighted by molar-refractivity contribution is -0.266. The molecule has 0 aromatic heterocycles. The van der Waals surface area contributed by atoms with Gasteiger partial charge in [-0.25, -0.2) is 0 Å². The van der Waals surface area contributed by atoms with Crippen LogP contribution in [0, 0.1) is 5.92 Å². The molecule has 0 aliphatic carbocycles. The minimum absolute atomic E-state index is 0.0756. The van der Waals surface area contributed by atoms with Crippen LogP contribution in [-0.2, 0) is 20.8 Å². The summed E-state index contributed by atoms with van der Waals surface area (Å²) in [6.07, 6.45) is 0.864. The van der Waals surface area contributed by atoms with Gasteiger partial charge in [-0.2, -0.15) is 0 Å². The maximum Gasteiger partial charge on any atom is 0.158 e. The van der Waals surface area contributed by atoms with E-state index in [2.05, 4.69) is 26.0 Å². The Morgan fingerprint density at radius 2 is 1.84 bits per heavy atom. The lowest BCUT2D eigenvalue weighted by Gasteiger charge is -2.37. The predicted molar refractivity (Wildman–Crippen MR) is 74.8 cm³/mol. The minimum atomic E-state index is -0.344. The molecule has 0 radical (unpaired) electrons. The van der Waals surface area contributed by atoms with Gasteiger partial charge in [0.25, 0.3) is 0 Å². The van der Waals surface area contributed by atoms with E-state index in [0.29, 0.717) is 25.7 Å². The van der Waals surface area contributed by atoms with Gasteiger partial charge in [-0.1, -0.05) is 44.2 Å². The third-order valence-corrected chi connectivity index (χ3v) is 3.24. The molecular formula is C16H24O3. The standard InChI is InChI=1S/C16H24O3/c1-13(2)9-15-17-11-16(3,12-18-15)19-10-14-7-5-4-6-8-14/h4-8,13,15H,9-12H2,1-3H3. The van der Waals surface area contributed by atoms with Crippen LogP contribution in [0.15, 0.2) is 30.3 Å². The third kappa shape index (κ3) is 4.60. The topological polar surface area (TPSA) is 27.7 Å². The molecule has 1 aromatic carbocycles. The highest BCUT2D eigenvalue weighted by atomic mass is 16.7. The summed E-state index contributed by atoms with van der Waals surface area (Å²) in [5.74, 6) is 0.583. The van der Waals surface area contributed by atoms with Crippen molar-refractivity contribution in [3.8, 4) is 0 Å². The first-order chi connectivity index (χ1) is 9.07. The summed E-state index contributed by atoms with van der Waals surface area (Å²) in [5.41, 5.74) is 0.830. The summed E-state index contributed by atoms with van der Waals surface area (Å²) < 4.78 is 17.5. The van der Waals surface area contributed by atoms with Crippen LogP contribution in [0.2, 0.25) is 0 Å². The van der Waals surface area contributed by atoms with Gasteiger partial charge in [-0.05, 0) is 18.4 Å². The Hall–Kier alpha value is -0.900. The van der Waals surface area contributed by atoms with E-state index in [4.69, 9.17) is 14.2 Å². The first-order valence-corrected chi connectivity index (χ1v) is 6.98. The zero-order valence-corrected chi connectivity index (χ0v) is 12.1. The molecule has 2 rings (SSSR count). The molecule has 0 amide bonds. The van der Waals surface area contributed by atoms with Gasteiger partial charge in [-0.3, -0.25) is 0 Å². The molecule has 19 heavy (non-hydrogen) atoms. The Balaban J connectivity index is 1.78. The van der Waals surface area contributed by atoms with Crippen molar-refractivity contribution in [1.82, 2.24) is 0 Å². The molecule has 1 fully saturated rings. The molecule has 0 N–H and O–H groups in total. The Bertz CT molecular complexity index is 367. The minimum Gasteiger partial charge on any atom is -0.366 e. The van der Waals surface area contributed by atoms with E-state index >= 15 is 0 Å². The summed E-state index contributed by atoms with van der Waals surface area (Å²) in [6.45, 7) is 8.17. The first-order valence-electron chi connectivity index (χ1n) is 6.98. The van der Waals surface area contributed by atoms with Gasteiger partial charge in [-0.15, -0.1) is 0 Å². The Labute approximate surface area is 115 Å². The maximum absolute atomic E-state index is 5.96. The molecule has 0 unspecified atom stereocenters. The van der Waals surface area contributed by atoms with E-state index in [0.717, 1.165) is 6.42 Å². The summed E-state index contributed by atoms with van der Waals surface area (Å²) in [7, 11) is 0. The van der Waals surface area contributed by atoms with Crippen molar-refractivity contribution in [3.05, 3.63) is 35.9 Å². The van der Waals surface area contributed by atoms with Gasteiger partial charge in [0.05, 0.1) is 19.8 Å². The fraction of sp³-hybridized carbons (Fsp3) is 0.625. The average Bonchev–Trinajstić information content (AvgIpc) is 2.40. The van der Waals surface area contributed by atoms with Gasteiger partial charge in [0, 0.05) is 6.42 Å². The molecule has 0 saturated carbocycles. The van der Waals surface area contributed by atoms with Gasteiger partial charge in [0.2, 0.25) is 0 Å². The van der Waals surface area contributed by atoms with Crippen LogP contribution < -0.4 is 0 Å². The largest absolute Gasteiger partial charge is 0.366 e. The van der Waals surface area contributed by atoms with Crippen molar-refractivity contribution < 1.29 is 14.2 Å². The maximum atomic E-state index is 5.96. The summed E-state index contributed by atoms with van der Waals surface area (Å²) in [6, 6.07) is 10.2. The van der Waals surface area contributed by atoms with Crippen LogP contribution in [0.1, 0.15) is 32.8 Å². The van der Waals surface area contributed by atoms with Crippen molar-refractivity contribution in [2.45, 2.75) is 45.7 Å². The van der Waals surface area contributed by atoms with E-state index in [1.807, 2.05) is 25.1 Å². The molecule has 1 aliphatic rings. The van der Waals surface area contributed by atoms with Crippen molar-refractivity contribution in [1.29, 1.82) is 0 Å². The average molecular weight is 264 g/mol. The molecule has 1 saturated heterocycles. The third-order valence-electron chi connectivity index (χ3n) is 3.24. The van der Waals surface area contributed by atoms with E-state index in [1.165, 1.54) is 5.56 Å². The molecule has 1 aromatic rings. The van der Waals surface area contributed by atoms with Crippen LogP contribution in [0.25, 0.3) is 0 Å². The zero-order valence-electron chi connectivity index (χ0n) is 12.1. The molecule has 1 heterocycles. The summed E-state index contributed by atoms with van der Waals surface area (Å²) >= 11 is 0. The number of hydrogen-bond acceptors (Lipinski definition) is 3. The molecule has 0 atom stereocenters. The second-order valence-corrected chi connectivity index (χ2v) is 5.91. The molecule has 3 nitrogen and oxygen atoms in total. The van der Waals surface area contributed by atoms with Crippen molar-refractivity contribution in [2.24, 2.45) is 5.92 Å². The van der Waals surface area contributed by atoms with Gasteiger partial charge in [0.15, 0.2) is 6.29 Å². The highest BCUT2D eigenvalue weighted by Crippen LogP contribution is 2.24. The fourth-order valence-corrected chi connectivity index (χ4v) is 2.06. The quantitative estimate of drug-likeness (QED) is 0.816. The monoisotopic (exact) mass is 264 g/mol. The highest BCUT2D eigenvalue weighted by Gasteiger charge is 2.33. The van der Waals surface area contributed by atoms with E-state index < -0.39 is 0 Å². The van der Waals surface area contributed by atoms with Crippen molar-refractivity contribution in [2.75, 3.05) is 13.2 Å². The van der Waals surface area contributed by atoms with Crippen LogP contribution in [0.5, 0.6) is 0 Å². The zero-order chi connectivity index (χ0) is 13.7. The number of rotatable bonds is 5. The molecule has 1 aliphatic heterocycles.